The van der Waals surface area contributed by atoms with Gasteiger partial charge in [-0.2, -0.15) is 0 Å². The summed E-state index contributed by atoms with van der Waals surface area (Å²) in [5.74, 6) is 0. The Balaban J connectivity index is 3.76. The third-order valence-electron chi connectivity index (χ3n) is 2.58. The number of likely N-dealkylation sites (N-methyl/N-ethyl adjacent to an activating group) is 1. The van der Waals surface area contributed by atoms with E-state index in [1.807, 2.05) is 0 Å². The van der Waals surface area contributed by atoms with Gasteiger partial charge in [0.25, 0.3) is 0 Å². The van der Waals surface area contributed by atoms with Crippen LogP contribution in [0.5, 0.6) is 0 Å². The van der Waals surface area contributed by atoms with Crippen LogP contribution in [0.1, 0.15) is 26.2 Å². The molecule has 0 heterocycles. The molecule has 3 heteroatoms. The highest BCUT2D eigenvalue weighted by molar-refractivity contribution is 4.42. The first kappa shape index (κ1) is 12.9. The van der Waals surface area contributed by atoms with E-state index in [2.05, 4.69) is 14.0 Å². The second kappa shape index (κ2) is 7.30. The Morgan fingerprint density at radius 1 is 0.923 bits per heavy atom. The highest BCUT2D eigenvalue weighted by atomic mass is 16.3. The second-order valence-electron chi connectivity index (χ2n) is 3.94. The molecule has 13 heavy (non-hydrogen) atoms. The van der Waals surface area contributed by atoms with Crippen LogP contribution in [0.4, 0.5) is 0 Å². The molecule has 0 spiro atoms. The number of hydrogen-bond acceptors (Lipinski definition) is 2. The minimum Gasteiger partial charge on any atom is -0.391 e. The molecule has 0 atom stereocenters. The minimum atomic E-state index is 0.211. The molecule has 80 valence electrons. The van der Waals surface area contributed by atoms with Gasteiger partial charge in [-0.15, -0.1) is 0 Å². The molecule has 0 saturated carbocycles. The van der Waals surface area contributed by atoms with Crippen molar-refractivity contribution in [3.8, 4) is 0 Å². The van der Waals surface area contributed by atoms with Gasteiger partial charge < -0.3 is 14.7 Å². The minimum absolute atomic E-state index is 0.211. The highest BCUT2D eigenvalue weighted by Gasteiger charge is 2.18. The monoisotopic (exact) mass is 190 g/mol. The van der Waals surface area contributed by atoms with Gasteiger partial charge in [-0.3, -0.25) is 0 Å². The quantitative estimate of drug-likeness (QED) is 0.435. The molecule has 0 rings (SSSR count). The SMILES string of the molecule is CCCCC[N+](C)(CCO)CCO. The van der Waals surface area contributed by atoms with E-state index in [4.69, 9.17) is 10.2 Å². The predicted octanol–water partition coefficient (Wildman–Crippen LogP) is 0.608. The maximum Gasteiger partial charge on any atom is 0.102 e. The molecule has 0 amide bonds. The van der Waals surface area contributed by atoms with Crippen LogP contribution in [-0.2, 0) is 0 Å². The molecule has 0 fully saturated rings. The summed E-state index contributed by atoms with van der Waals surface area (Å²) in [5, 5.41) is 17.8. The summed E-state index contributed by atoms with van der Waals surface area (Å²) >= 11 is 0. The third kappa shape index (κ3) is 6.02. The van der Waals surface area contributed by atoms with E-state index in [0.717, 1.165) is 24.1 Å². The van der Waals surface area contributed by atoms with Gasteiger partial charge in [0.15, 0.2) is 0 Å². The standard InChI is InChI=1S/C10H24NO2/c1-3-4-5-6-11(2,7-9-12)8-10-13/h12-13H,3-10H2,1-2H3/q+1. The predicted molar refractivity (Wildman–Crippen MR) is 54.5 cm³/mol. The maximum atomic E-state index is 8.89. The fourth-order valence-corrected chi connectivity index (χ4v) is 1.56. The van der Waals surface area contributed by atoms with E-state index < -0.39 is 0 Å². The Morgan fingerprint density at radius 2 is 1.46 bits per heavy atom. The summed E-state index contributed by atoms with van der Waals surface area (Å²) in [6.07, 6.45) is 3.65. The Bertz CT molecular complexity index is 111. The number of nitrogens with zero attached hydrogens (tertiary/aromatic N) is 1. The van der Waals surface area contributed by atoms with Crippen molar-refractivity contribution in [3.05, 3.63) is 0 Å². The molecule has 0 bridgehead atoms. The Kier molecular flexibility index (Phi) is 7.23. The average molecular weight is 190 g/mol. The largest absolute Gasteiger partial charge is 0.391 e. The summed E-state index contributed by atoms with van der Waals surface area (Å²) in [7, 11) is 2.10. The van der Waals surface area contributed by atoms with Gasteiger partial charge in [-0.25, -0.2) is 0 Å². The topological polar surface area (TPSA) is 40.5 Å². The average Bonchev–Trinajstić information content (AvgIpc) is 2.05. The Morgan fingerprint density at radius 3 is 1.85 bits per heavy atom. The van der Waals surface area contributed by atoms with Crippen molar-refractivity contribution >= 4 is 0 Å². The lowest BCUT2D eigenvalue weighted by molar-refractivity contribution is -0.910. The van der Waals surface area contributed by atoms with Crippen LogP contribution in [0.25, 0.3) is 0 Å². The number of rotatable bonds is 8. The molecule has 0 radical (unpaired) electrons. The van der Waals surface area contributed by atoms with Gasteiger partial charge in [0.2, 0.25) is 0 Å². The number of unbranched alkanes of at least 4 members (excludes halogenated alkanes) is 2. The fraction of sp³-hybridized carbons (Fsp3) is 1.00. The van der Waals surface area contributed by atoms with Crippen LogP contribution in [-0.4, -0.2) is 54.6 Å². The lowest BCUT2D eigenvalue weighted by Crippen LogP contribution is -2.48. The summed E-state index contributed by atoms with van der Waals surface area (Å²) in [6.45, 7) is 5.18. The first-order valence-electron chi connectivity index (χ1n) is 5.24. The molecule has 0 aliphatic heterocycles. The zero-order valence-electron chi connectivity index (χ0n) is 9.00. The molecule has 0 aliphatic carbocycles. The lowest BCUT2D eigenvalue weighted by Gasteiger charge is -2.33. The maximum absolute atomic E-state index is 8.89. The van der Waals surface area contributed by atoms with E-state index in [9.17, 15) is 0 Å². The lowest BCUT2D eigenvalue weighted by atomic mass is 10.2. The van der Waals surface area contributed by atoms with Crippen molar-refractivity contribution in [3.63, 3.8) is 0 Å². The van der Waals surface area contributed by atoms with E-state index in [1.54, 1.807) is 0 Å². The summed E-state index contributed by atoms with van der Waals surface area (Å²) in [4.78, 5) is 0. The van der Waals surface area contributed by atoms with Crippen molar-refractivity contribution in [2.45, 2.75) is 26.2 Å². The molecule has 0 aliphatic rings. The van der Waals surface area contributed by atoms with Gasteiger partial charge >= 0.3 is 0 Å². The second-order valence-corrected chi connectivity index (χ2v) is 3.94. The molecule has 0 unspecified atom stereocenters. The van der Waals surface area contributed by atoms with E-state index in [1.165, 1.54) is 19.3 Å². The van der Waals surface area contributed by atoms with E-state index >= 15 is 0 Å². The summed E-state index contributed by atoms with van der Waals surface area (Å²) in [6, 6.07) is 0. The van der Waals surface area contributed by atoms with Crippen LogP contribution in [0.15, 0.2) is 0 Å². The van der Waals surface area contributed by atoms with Gasteiger partial charge in [0.05, 0.1) is 26.8 Å². The molecule has 0 aromatic heterocycles. The van der Waals surface area contributed by atoms with Gasteiger partial charge in [0.1, 0.15) is 13.1 Å². The number of aliphatic hydroxyl groups excluding tert-OH is 2. The van der Waals surface area contributed by atoms with Crippen LogP contribution in [0.2, 0.25) is 0 Å². The smallest absolute Gasteiger partial charge is 0.102 e. The molecule has 3 nitrogen and oxygen atoms in total. The number of hydrogen-bond donors (Lipinski definition) is 2. The Labute approximate surface area is 81.6 Å². The third-order valence-corrected chi connectivity index (χ3v) is 2.58. The Hall–Kier alpha value is -0.120. The van der Waals surface area contributed by atoms with Crippen molar-refractivity contribution in [1.29, 1.82) is 0 Å². The molecule has 2 N–H and O–H groups in total. The van der Waals surface area contributed by atoms with Gasteiger partial charge in [-0.1, -0.05) is 13.3 Å². The van der Waals surface area contributed by atoms with Crippen LogP contribution in [0, 0.1) is 0 Å². The van der Waals surface area contributed by atoms with Crippen LogP contribution in [0.3, 0.4) is 0 Å². The molecule has 0 aromatic rings. The van der Waals surface area contributed by atoms with E-state index in [0.29, 0.717) is 0 Å². The molecule has 0 aromatic carbocycles. The molecular formula is C10H24NO2+. The van der Waals surface area contributed by atoms with Crippen molar-refractivity contribution in [1.82, 2.24) is 0 Å². The van der Waals surface area contributed by atoms with Crippen molar-refractivity contribution in [2.24, 2.45) is 0 Å². The normalized spacial score (nSPS) is 12.0. The fourth-order valence-electron chi connectivity index (χ4n) is 1.56. The summed E-state index contributed by atoms with van der Waals surface area (Å²) in [5.41, 5.74) is 0. The zero-order chi connectivity index (χ0) is 10.2. The van der Waals surface area contributed by atoms with E-state index in [-0.39, 0.29) is 13.2 Å². The van der Waals surface area contributed by atoms with Crippen molar-refractivity contribution < 1.29 is 14.7 Å². The highest BCUT2D eigenvalue weighted by Crippen LogP contribution is 2.05. The first-order valence-corrected chi connectivity index (χ1v) is 5.24. The van der Waals surface area contributed by atoms with Crippen LogP contribution >= 0.6 is 0 Å². The number of quaternary nitrogens is 1. The van der Waals surface area contributed by atoms with Gasteiger partial charge in [-0.05, 0) is 12.8 Å². The molecular weight excluding hydrogens is 166 g/mol. The first-order chi connectivity index (χ1) is 6.18. The van der Waals surface area contributed by atoms with Crippen molar-refractivity contribution in [2.75, 3.05) is 39.9 Å². The summed E-state index contributed by atoms with van der Waals surface area (Å²) < 4.78 is 0.799. The number of aliphatic hydroxyl groups is 2. The van der Waals surface area contributed by atoms with Crippen LogP contribution < -0.4 is 0 Å². The zero-order valence-corrected chi connectivity index (χ0v) is 9.00. The van der Waals surface area contributed by atoms with Gasteiger partial charge in [0, 0.05) is 0 Å². The molecule has 0 saturated heterocycles.